The molecule has 2 aromatic rings. The quantitative estimate of drug-likeness (QED) is 0.941. The minimum absolute atomic E-state index is 0.0261. The molecule has 1 N–H and O–H groups in total. The van der Waals surface area contributed by atoms with Gasteiger partial charge in [0.1, 0.15) is 0 Å². The van der Waals surface area contributed by atoms with Crippen molar-refractivity contribution < 1.29 is 4.79 Å². The third-order valence-electron chi connectivity index (χ3n) is 4.55. The molecule has 1 saturated heterocycles. The smallest absolute Gasteiger partial charge is 0.229 e. The summed E-state index contributed by atoms with van der Waals surface area (Å²) in [7, 11) is 0. The number of aromatic nitrogens is 2. The van der Waals surface area contributed by atoms with Crippen LogP contribution in [-0.4, -0.2) is 29.2 Å². The first-order chi connectivity index (χ1) is 11.5. The Kier molecular flexibility index (Phi) is 4.79. The second-order valence-electron chi connectivity index (χ2n) is 6.63. The lowest BCUT2D eigenvalue weighted by Gasteiger charge is -2.32. The van der Waals surface area contributed by atoms with E-state index in [1.807, 2.05) is 45.0 Å². The molecule has 126 valence electrons. The molecule has 5 heteroatoms. The number of carbonyl (C=O) groups excluding carboxylic acids is 1. The van der Waals surface area contributed by atoms with Crippen LogP contribution in [0, 0.1) is 26.7 Å². The summed E-state index contributed by atoms with van der Waals surface area (Å²) < 4.78 is 0. The second kappa shape index (κ2) is 6.99. The molecule has 0 aliphatic carbocycles. The molecule has 1 atom stereocenters. The molecule has 24 heavy (non-hydrogen) atoms. The number of hydrogen-bond donors (Lipinski definition) is 1. The lowest BCUT2D eigenvalue weighted by atomic mass is 9.96. The number of nitrogens with zero attached hydrogens (tertiary/aromatic N) is 3. The maximum Gasteiger partial charge on any atom is 0.229 e. The first-order valence-electron chi connectivity index (χ1n) is 8.46. The van der Waals surface area contributed by atoms with Crippen LogP contribution >= 0.6 is 0 Å². The Morgan fingerprint density at radius 3 is 2.75 bits per heavy atom. The van der Waals surface area contributed by atoms with E-state index in [0.29, 0.717) is 6.54 Å². The van der Waals surface area contributed by atoms with Gasteiger partial charge < -0.3 is 10.2 Å². The van der Waals surface area contributed by atoms with Crippen LogP contribution in [0.4, 0.5) is 11.5 Å². The zero-order valence-corrected chi connectivity index (χ0v) is 14.5. The van der Waals surface area contributed by atoms with Crippen LogP contribution in [0.1, 0.15) is 29.7 Å². The lowest BCUT2D eigenvalue weighted by molar-refractivity contribution is -0.120. The number of anilines is 2. The van der Waals surface area contributed by atoms with Gasteiger partial charge in [0.15, 0.2) is 5.82 Å². The summed E-state index contributed by atoms with van der Waals surface area (Å²) in [5, 5.41) is 11.5. The van der Waals surface area contributed by atoms with Crippen LogP contribution in [0.2, 0.25) is 0 Å². The lowest BCUT2D eigenvalue weighted by Crippen LogP contribution is -2.41. The third-order valence-corrected chi connectivity index (χ3v) is 4.55. The molecular weight excluding hydrogens is 300 g/mol. The van der Waals surface area contributed by atoms with Crippen molar-refractivity contribution in [2.45, 2.75) is 33.6 Å². The highest BCUT2D eigenvalue weighted by Gasteiger charge is 2.27. The van der Waals surface area contributed by atoms with Gasteiger partial charge in [0.05, 0.1) is 11.6 Å². The van der Waals surface area contributed by atoms with E-state index in [9.17, 15) is 4.79 Å². The van der Waals surface area contributed by atoms with Gasteiger partial charge in [0.2, 0.25) is 5.91 Å². The Labute approximate surface area is 143 Å². The number of carbonyl (C=O) groups is 1. The Bertz CT molecular complexity index is 727. The number of rotatable bonds is 3. The van der Waals surface area contributed by atoms with Crippen LogP contribution in [0.5, 0.6) is 0 Å². The van der Waals surface area contributed by atoms with Crippen LogP contribution in [0.15, 0.2) is 30.3 Å². The number of amides is 1. The molecule has 3 rings (SSSR count). The monoisotopic (exact) mass is 324 g/mol. The number of piperidine rings is 1. The normalized spacial score (nSPS) is 17.6. The van der Waals surface area contributed by atoms with Gasteiger partial charge in [-0.05, 0) is 62.9 Å². The van der Waals surface area contributed by atoms with Crippen molar-refractivity contribution in [3.63, 3.8) is 0 Å². The summed E-state index contributed by atoms with van der Waals surface area (Å²) in [5.41, 5.74) is 4.05. The Morgan fingerprint density at radius 2 is 2.00 bits per heavy atom. The highest BCUT2D eigenvalue weighted by Crippen LogP contribution is 2.24. The first-order valence-corrected chi connectivity index (χ1v) is 8.46. The van der Waals surface area contributed by atoms with Crippen molar-refractivity contribution >= 4 is 17.4 Å². The summed E-state index contributed by atoms with van der Waals surface area (Å²) in [6, 6.07) is 10.1. The fraction of sp³-hybridized carbons (Fsp3) is 0.421. The maximum absolute atomic E-state index is 12.7. The molecule has 0 radical (unpaired) electrons. The van der Waals surface area contributed by atoms with E-state index in [1.54, 1.807) is 0 Å². The van der Waals surface area contributed by atoms with Crippen molar-refractivity contribution in [1.82, 2.24) is 10.2 Å². The summed E-state index contributed by atoms with van der Waals surface area (Å²) in [5.74, 6) is 0.917. The van der Waals surface area contributed by atoms with Crippen molar-refractivity contribution in [1.29, 1.82) is 0 Å². The number of benzene rings is 1. The fourth-order valence-corrected chi connectivity index (χ4v) is 3.07. The van der Waals surface area contributed by atoms with Gasteiger partial charge in [0, 0.05) is 18.8 Å². The van der Waals surface area contributed by atoms with Gasteiger partial charge in [-0.15, -0.1) is 5.10 Å². The highest BCUT2D eigenvalue weighted by molar-refractivity contribution is 5.93. The fourth-order valence-electron chi connectivity index (χ4n) is 3.07. The summed E-state index contributed by atoms with van der Waals surface area (Å²) in [4.78, 5) is 14.8. The topological polar surface area (TPSA) is 58.1 Å². The molecule has 5 nitrogen and oxygen atoms in total. The SMILES string of the molecule is Cc1ccc(C)c(NC(=O)C2CCCN(c3ccc(C)nn3)C2)c1. The first kappa shape index (κ1) is 16.4. The van der Waals surface area contributed by atoms with Crippen molar-refractivity contribution in [3.05, 3.63) is 47.2 Å². The van der Waals surface area contributed by atoms with Crippen molar-refractivity contribution in [3.8, 4) is 0 Å². The average molecular weight is 324 g/mol. The standard InChI is InChI=1S/C19H24N4O/c1-13-6-7-14(2)17(11-13)20-19(24)16-5-4-10-23(12-16)18-9-8-15(3)21-22-18/h6-9,11,16H,4-5,10,12H2,1-3H3,(H,20,24). The Morgan fingerprint density at radius 1 is 1.17 bits per heavy atom. The Balaban J connectivity index is 1.68. The minimum Gasteiger partial charge on any atom is -0.354 e. The maximum atomic E-state index is 12.7. The molecule has 0 spiro atoms. The molecular formula is C19H24N4O. The van der Waals surface area contributed by atoms with Gasteiger partial charge in [-0.2, -0.15) is 5.10 Å². The van der Waals surface area contributed by atoms with E-state index < -0.39 is 0 Å². The van der Waals surface area contributed by atoms with Gasteiger partial charge >= 0.3 is 0 Å². The minimum atomic E-state index is -0.0261. The zero-order chi connectivity index (χ0) is 17.1. The predicted octanol–water partition coefficient (Wildman–Crippen LogP) is 3.26. The molecule has 2 heterocycles. The van der Waals surface area contributed by atoms with Gasteiger partial charge in [-0.3, -0.25) is 4.79 Å². The molecule has 1 aromatic heterocycles. The Hall–Kier alpha value is -2.43. The molecule has 1 unspecified atom stereocenters. The molecule has 0 bridgehead atoms. The molecule has 1 aromatic carbocycles. The van der Waals surface area contributed by atoms with Crippen molar-refractivity contribution in [2.75, 3.05) is 23.3 Å². The molecule has 1 aliphatic rings. The highest BCUT2D eigenvalue weighted by atomic mass is 16.1. The summed E-state index contributed by atoms with van der Waals surface area (Å²) >= 11 is 0. The molecule has 1 aliphatic heterocycles. The summed E-state index contributed by atoms with van der Waals surface area (Å²) in [6.45, 7) is 7.59. The largest absolute Gasteiger partial charge is 0.354 e. The van der Waals surface area contributed by atoms with Crippen LogP contribution in [0.3, 0.4) is 0 Å². The van der Waals surface area contributed by atoms with E-state index in [1.165, 1.54) is 0 Å². The van der Waals surface area contributed by atoms with Gasteiger partial charge in [-0.1, -0.05) is 12.1 Å². The van der Waals surface area contributed by atoms with E-state index in [2.05, 4.69) is 26.5 Å². The molecule has 1 fully saturated rings. The molecule has 0 saturated carbocycles. The van der Waals surface area contributed by atoms with E-state index >= 15 is 0 Å². The molecule has 1 amide bonds. The zero-order valence-electron chi connectivity index (χ0n) is 14.5. The van der Waals surface area contributed by atoms with E-state index in [4.69, 9.17) is 0 Å². The van der Waals surface area contributed by atoms with Crippen LogP contribution in [0.25, 0.3) is 0 Å². The predicted molar refractivity (Wildman–Crippen MR) is 96.3 cm³/mol. The van der Waals surface area contributed by atoms with Crippen LogP contribution < -0.4 is 10.2 Å². The number of hydrogen-bond acceptors (Lipinski definition) is 4. The summed E-state index contributed by atoms with van der Waals surface area (Å²) in [6.07, 6.45) is 1.90. The third kappa shape index (κ3) is 3.72. The number of aryl methyl sites for hydroxylation is 3. The van der Waals surface area contributed by atoms with Crippen LogP contribution in [-0.2, 0) is 4.79 Å². The van der Waals surface area contributed by atoms with E-state index in [0.717, 1.165) is 47.7 Å². The number of nitrogens with one attached hydrogen (secondary N) is 1. The van der Waals surface area contributed by atoms with Crippen molar-refractivity contribution in [2.24, 2.45) is 5.92 Å². The second-order valence-corrected chi connectivity index (χ2v) is 6.63. The van der Waals surface area contributed by atoms with E-state index in [-0.39, 0.29) is 11.8 Å². The van der Waals surface area contributed by atoms with Gasteiger partial charge in [0.25, 0.3) is 0 Å². The van der Waals surface area contributed by atoms with Gasteiger partial charge in [-0.25, -0.2) is 0 Å². The average Bonchev–Trinajstić information content (AvgIpc) is 2.59.